The number of likely N-dealkylation sites (tertiary alicyclic amines) is 1. The largest absolute Gasteiger partial charge is 0.482 e. The quantitative estimate of drug-likeness (QED) is 0.762. The van der Waals surface area contributed by atoms with Crippen LogP contribution in [0.5, 0.6) is 5.75 Å². The highest BCUT2D eigenvalue weighted by atomic mass is 35.5. The maximum absolute atomic E-state index is 12.7. The molecule has 156 valence electrons. The maximum Gasteiger partial charge on any atom is 0.339 e. The molecule has 2 aliphatic rings. The Balaban J connectivity index is 1.50. The first kappa shape index (κ1) is 20.2. The van der Waals surface area contributed by atoms with Gasteiger partial charge in [-0.15, -0.1) is 0 Å². The van der Waals surface area contributed by atoms with Crippen molar-refractivity contribution < 1.29 is 23.8 Å². The average Bonchev–Trinajstić information content (AvgIpc) is 3.11. The number of carbonyl (C=O) groups is 1. The molecule has 1 N–H and O–H groups in total. The molecular weight excluding hydrogens is 398 g/mol. The molecule has 2 aromatic rings. The Morgan fingerprint density at radius 1 is 1.38 bits per heavy atom. The van der Waals surface area contributed by atoms with E-state index in [9.17, 15) is 14.7 Å². The summed E-state index contributed by atoms with van der Waals surface area (Å²) in [5, 5.41) is 10.9. The molecule has 7 nitrogen and oxygen atoms in total. The Morgan fingerprint density at radius 2 is 2.17 bits per heavy atom. The van der Waals surface area contributed by atoms with E-state index in [1.165, 1.54) is 0 Å². The van der Waals surface area contributed by atoms with Crippen molar-refractivity contribution in [3.8, 4) is 5.75 Å². The van der Waals surface area contributed by atoms with Gasteiger partial charge in [-0.2, -0.15) is 0 Å². The van der Waals surface area contributed by atoms with Crippen LogP contribution in [-0.4, -0.2) is 55.4 Å². The van der Waals surface area contributed by atoms with Gasteiger partial charge < -0.3 is 23.9 Å². The normalized spacial score (nSPS) is 24.0. The molecule has 0 unspecified atom stereocenters. The van der Waals surface area contributed by atoms with E-state index in [0.717, 1.165) is 17.4 Å². The van der Waals surface area contributed by atoms with Crippen molar-refractivity contribution in [3.05, 3.63) is 38.7 Å². The number of aliphatic hydroxyl groups excluding tert-OH is 1. The van der Waals surface area contributed by atoms with Crippen LogP contribution in [0.4, 0.5) is 0 Å². The van der Waals surface area contributed by atoms with Crippen LogP contribution in [0.15, 0.2) is 21.3 Å². The predicted octanol–water partition coefficient (Wildman–Crippen LogP) is 2.30. The zero-order chi connectivity index (χ0) is 20.8. The first-order valence-electron chi connectivity index (χ1n) is 9.67. The van der Waals surface area contributed by atoms with E-state index in [1.807, 2.05) is 6.92 Å². The minimum Gasteiger partial charge on any atom is -0.482 e. The Bertz CT molecular complexity index is 1020. The van der Waals surface area contributed by atoms with Crippen LogP contribution in [0.3, 0.4) is 0 Å². The van der Waals surface area contributed by atoms with Crippen molar-refractivity contribution in [2.24, 2.45) is 11.3 Å². The minimum absolute atomic E-state index is 0.00337. The van der Waals surface area contributed by atoms with E-state index < -0.39 is 5.63 Å². The summed E-state index contributed by atoms with van der Waals surface area (Å²) in [5.74, 6) is 0.343. The summed E-state index contributed by atoms with van der Waals surface area (Å²) in [6.45, 7) is 5.51. The summed E-state index contributed by atoms with van der Waals surface area (Å²) in [6, 6.07) is 3.23. The first-order valence-corrected chi connectivity index (χ1v) is 10.0. The lowest BCUT2D eigenvalue weighted by molar-refractivity contribution is -0.133. The molecule has 1 aromatic heterocycles. The number of rotatable bonds is 4. The molecule has 3 heterocycles. The summed E-state index contributed by atoms with van der Waals surface area (Å²) in [4.78, 5) is 26.4. The number of halogens is 1. The predicted molar refractivity (Wildman–Crippen MR) is 107 cm³/mol. The fourth-order valence-corrected chi connectivity index (χ4v) is 4.51. The van der Waals surface area contributed by atoms with Gasteiger partial charge in [0.05, 0.1) is 18.2 Å². The van der Waals surface area contributed by atoms with Gasteiger partial charge in [0.15, 0.2) is 6.61 Å². The van der Waals surface area contributed by atoms with Crippen LogP contribution < -0.4 is 10.4 Å². The standard InChI is InChI=1S/C21H24ClNO6/c1-12-13(2)20(26)29-17-6-18(16(22)5-15(12)17)28-8-19(25)23-7-14-3-4-27-11-21(14,9-23)10-24/h5-6,14,24H,3-4,7-11H2,1-2H3/t14-,21+/m0/s1. The highest BCUT2D eigenvalue weighted by Gasteiger charge is 2.49. The summed E-state index contributed by atoms with van der Waals surface area (Å²) in [6.07, 6.45) is 0.833. The summed E-state index contributed by atoms with van der Waals surface area (Å²) in [7, 11) is 0. The van der Waals surface area contributed by atoms with Crippen molar-refractivity contribution in [1.82, 2.24) is 4.90 Å². The van der Waals surface area contributed by atoms with Crippen molar-refractivity contribution >= 4 is 28.5 Å². The molecule has 1 aromatic carbocycles. The van der Waals surface area contributed by atoms with Gasteiger partial charge in [0, 0.05) is 42.1 Å². The van der Waals surface area contributed by atoms with Gasteiger partial charge in [0.2, 0.25) is 0 Å². The van der Waals surface area contributed by atoms with Crippen LogP contribution in [-0.2, 0) is 9.53 Å². The number of aliphatic hydroxyl groups is 1. The molecule has 1 amide bonds. The number of nitrogens with zero attached hydrogens (tertiary/aromatic N) is 1. The second-order valence-electron chi connectivity index (χ2n) is 8.04. The molecule has 4 rings (SSSR count). The van der Waals surface area contributed by atoms with Crippen molar-refractivity contribution in [1.29, 1.82) is 0 Å². The van der Waals surface area contributed by atoms with Crippen LogP contribution in [0.2, 0.25) is 5.02 Å². The monoisotopic (exact) mass is 421 g/mol. The fourth-order valence-electron chi connectivity index (χ4n) is 4.30. The first-order chi connectivity index (χ1) is 13.8. The van der Waals surface area contributed by atoms with E-state index in [2.05, 4.69) is 0 Å². The van der Waals surface area contributed by atoms with E-state index in [0.29, 0.717) is 42.5 Å². The Hall–Kier alpha value is -2.09. The SMILES string of the molecule is Cc1c(C)c2cc(Cl)c(OCC(=O)N3C[C@@H]4CCOC[C@]4(CO)C3)cc2oc1=O. The molecule has 2 atom stereocenters. The molecule has 0 radical (unpaired) electrons. The number of benzene rings is 1. The fraction of sp³-hybridized carbons (Fsp3) is 0.524. The van der Waals surface area contributed by atoms with Gasteiger partial charge in [-0.25, -0.2) is 4.79 Å². The van der Waals surface area contributed by atoms with Gasteiger partial charge in [0.1, 0.15) is 11.3 Å². The average molecular weight is 422 g/mol. The second kappa shape index (κ2) is 7.63. The molecule has 2 aliphatic heterocycles. The third-order valence-electron chi connectivity index (χ3n) is 6.34. The lowest BCUT2D eigenvalue weighted by Gasteiger charge is -2.36. The van der Waals surface area contributed by atoms with Crippen molar-refractivity contribution in [2.45, 2.75) is 20.3 Å². The molecule has 0 aliphatic carbocycles. The zero-order valence-corrected chi connectivity index (χ0v) is 17.3. The zero-order valence-electron chi connectivity index (χ0n) is 16.5. The lowest BCUT2D eigenvalue weighted by atomic mass is 9.76. The smallest absolute Gasteiger partial charge is 0.339 e. The molecule has 29 heavy (non-hydrogen) atoms. The molecule has 0 spiro atoms. The molecular formula is C21H24ClNO6. The van der Waals surface area contributed by atoms with Crippen LogP contribution in [0.25, 0.3) is 11.0 Å². The van der Waals surface area contributed by atoms with Gasteiger partial charge in [-0.05, 0) is 37.8 Å². The number of fused-ring (bicyclic) bond motifs is 2. The summed E-state index contributed by atoms with van der Waals surface area (Å²) < 4.78 is 16.5. The van der Waals surface area contributed by atoms with E-state index >= 15 is 0 Å². The van der Waals surface area contributed by atoms with Crippen LogP contribution >= 0.6 is 11.6 Å². The number of hydrogen-bond acceptors (Lipinski definition) is 6. The van der Waals surface area contributed by atoms with Crippen LogP contribution in [0.1, 0.15) is 17.5 Å². The number of amides is 1. The van der Waals surface area contributed by atoms with Crippen molar-refractivity contribution in [2.75, 3.05) is 39.5 Å². The highest BCUT2D eigenvalue weighted by Crippen LogP contribution is 2.41. The molecule has 8 heteroatoms. The van der Waals surface area contributed by atoms with E-state index in [-0.39, 0.29) is 36.2 Å². The molecule has 2 saturated heterocycles. The molecule has 2 fully saturated rings. The molecule has 0 bridgehead atoms. The third-order valence-corrected chi connectivity index (χ3v) is 6.64. The summed E-state index contributed by atoms with van der Waals surface area (Å²) in [5.41, 5.74) is 0.920. The van der Waals surface area contributed by atoms with E-state index in [4.69, 9.17) is 25.5 Å². The number of ether oxygens (including phenoxy) is 2. The Kier molecular flexibility index (Phi) is 5.31. The van der Waals surface area contributed by atoms with Gasteiger partial charge in [-0.3, -0.25) is 4.79 Å². The van der Waals surface area contributed by atoms with Gasteiger partial charge in [-0.1, -0.05) is 11.6 Å². The van der Waals surface area contributed by atoms with Crippen molar-refractivity contribution in [3.63, 3.8) is 0 Å². The van der Waals surface area contributed by atoms with Gasteiger partial charge >= 0.3 is 5.63 Å². The maximum atomic E-state index is 12.7. The highest BCUT2D eigenvalue weighted by molar-refractivity contribution is 6.32. The number of aryl methyl sites for hydroxylation is 1. The molecule has 0 saturated carbocycles. The number of carbonyl (C=O) groups excluding carboxylic acids is 1. The lowest BCUT2D eigenvalue weighted by Crippen LogP contribution is -2.43. The Morgan fingerprint density at radius 3 is 2.90 bits per heavy atom. The van der Waals surface area contributed by atoms with Gasteiger partial charge in [0.25, 0.3) is 5.91 Å². The third kappa shape index (κ3) is 3.52. The number of hydrogen-bond donors (Lipinski definition) is 1. The second-order valence-corrected chi connectivity index (χ2v) is 8.45. The Labute approximate surface area is 173 Å². The summed E-state index contributed by atoms with van der Waals surface area (Å²) >= 11 is 6.34. The van der Waals surface area contributed by atoms with E-state index in [1.54, 1.807) is 24.0 Å². The topological polar surface area (TPSA) is 89.2 Å². The minimum atomic E-state index is -0.407. The van der Waals surface area contributed by atoms with Crippen LogP contribution in [0, 0.1) is 25.2 Å².